The molecule has 104 valence electrons. The fourth-order valence-electron chi connectivity index (χ4n) is 3.38. The van der Waals surface area contributed by atoms with Crippen LogP contribution >= 0.6 is 0 Å². The molecule has 2 nitrogen and oxygen atoms in total. The van der Waals surface area contributed by atoms with Crippen molar-refractivity contribution < 1.29 is 9.84 Å². The Hall–Kier alpha value is -1.96. The first kappa shape index (κ1) is 13.0. The second-order valence-electron chi connectivity index (χ2n) is 6.41. The average molecular weight is 268 g/mol. The summed E-state index contributed by atoms with van der Waals surface area (Å²) in [7, 11) is 0. The number of phenols is 1. The zero-order valence-electron chi connectivity index (χ0n) is 12.2. The zero-order valence-corrected chi connectivity index (χ0v) is 12.2. The third-order valence-electron chi connectivity index (χ3n) is 4.15. The summed E-state index contributed by atoms with van der Waals surface area (Å²) in [5.41, 5.74) is 2.11. The van der Waals surface area contributed by atoms with Crippen LogP contribution in [0.15, 0.2) is 48.5 Å². The summed E-state index contributed by atoms with van der Waals surface area (Å²) in [6.45, 7) is 6.51. The molecule has 2 aromatic rings. The van der Waals surface area contributed by atoms with Gasteiger partial charge in [0.2, 0.25) is 0 Å². The van der Waals surface area contributed by atoms with E-state index in [1.165, 1.54) is 11.1 Å². The predicted octanol–water partition coefficient (Wildman–Crippen LogP) is 4.26. The summed E-state index contributed by atoms with van der Waals surface area (Å²) in [5, 5.41) is 9.51. The third kappa shape index (κ3) is 2.05. The van der Waals surface area contributed by atoms with Crippen molar-refractivity contribution >= 4 is 0 Å². The van der Waals surface area contributed by atoms with Gasteiger partial charge in [-0.1, -0.05) is 37.3 Å². The van der Waals surface area contributed by atoms with Crippen molar-refractivity contribution in [2.45, 2.75) is 38.2 Å². The molecule has 0 aromatic heterocycles. The van der Waals surface area contributed by atoms with E-state index in [1.54, 1.807) is 12.1 Å². The lowest BCUT2D eigenvalue weighted by Crippen LogP contribution is -2.43. The van der Waals surface area contributed by atoms with Crippen LogP contribution in [0.3, 0.4) is 0 Å². The lowest BCUT2D eigenvalue weighted by atomic mass is 9.68. The van der Waals surface area contributed by atoms with E-state index in [-0.39, 0.29) is 11.0 Å². The van der Waals surface area contributed by atoms with E-state index in [1.807, 2.05) is 24.3 Å². The van der Waals surface area contributed by atoms with E-state index in [9.17, 15) is 5.11 Å². The van der Waals surface area contributed by atoms with Gasteiger partial charge in [-0.2, -0.15) is 0 Å². The van der Waals surface area contributed by atoms with E-state index in [4.69, 9.17) is 4.74 Å². The van der Waals surface area contributed by atoms with Crippen molar-refractivity contribution in [3.8, 4) is 11.5 Å². The number of para-hydroxylation sites is 1. The largest absolute Gasteiger partial charge is 0.508 e. The zero-order chi connectivity index (χ0) is 14.4. The molecule has 0 radical (unpaired) electrons. The number of rotatable bonds is 1. The number of aromatic hydroxyl groups is 1. The summed E-state index contributed by atoms with van der Waals surface area (Å²) < 4.78 is 6.11. The molecule has 0 saturated carbocycles. The number of hydrogen-bond acceptors (Lipinski definition) is 2. The molecule has 2 aromatic carbocycles. The molecule has 3 rings (SSSR count). The van der Waals surface area contributed by atoms with Crippen molar-refractivity contribution in [2.75, 3.05) is 0 Å². The quantitative estimate of drug-likeness (QED) is 0.837. The van der Waals surface area contributed by atoms with Gasteiger partial charge in [-0.3, -0.25) is 0 Å². The van der Waals surface area contributed by atoms with Crippen molar-refractivity contribution in [1.29, 1.82) is 0 Å². The number of phenolic OH excluding ortho intramolecular Hbond substituents is 1. The summed E-state index contributed by atoms with van der Waals surface area (Å²) in [5.74, 6) is 1.26. The van der Waals surface area contributed by atoms with Crippen LogP contribution in [0.4, 0.5) is 0 Å². The normalized spacial score (nSPS) is 23.8. The number of ether oxygens (including phenoxy) is 1. The fraction of sp³-hybridized carbons (Fsp3) is 0.333. The topological polar surface area (TPSA) is 29.5 Å². The fourth-order valence-corrected chi connectivity index (χ4v) is 3.38. The van der Waals surface area contributed by atoms with Crippen molar-refractivity contribution in [3.63, 3.8) is 0 Å². The Morgan fingerprint density at radius 1 is 0.950 bits per heavy atom. The summed E-state index contributed by atoms with van der Waals surface area (Å²) >= 11 is 0. The highest BCUT2D eigenvalue weighted by molar-refractivity contribution is 5.49. The van der Waals surface area contributed by atoms with Gasteiger partial charge in [-0.25, -0.2) is 0 Å². The molecule has 0 spiro atoms. The molecule has 1 atom stereocenters. The van der Waals surface area contributed by atoms with E-state index < -0.39 is 0 Å². The SMILES string of the molecule is CC1(C)C[C@@](C)(c2ccc(O)cc2)c2ccccc2O1. The lowest BCUT2D eigenvalue weighted by Gasteiger charge is -2.44. The van der Waals surface area contributed by atoms with Crippen LogP contribution in [-0.2, 0) is 5.41 Å². The first-order valence-electron chi connectivity index (χ1n) is 6.99. The minimum Gasteiger partial charge on any atom is -0.508 e. The molecule has 20 heavy (non-hydrogen) atoms. The molecular formula is C18H20O2. The van der Waals surface area contributed by atoms with Gasteiger partial charge < -0.3 is 9.84 Å². The average Bonchev–Trinajstić information content (AvgIpc) is 2.38. The summed E-state index contributed by atoms with van der Waals surface area (Å²) in [4.78, 5) is 0. The highest BCUT2D eigenvalue weighted by Gasteiger charge is 2.42. The Morgan fingerprint density at radius 3 is 2.30 bits per heavy atom. The number of benzene rings is 2. The van der Waals surface area contributed by atoms with Crippen LogP contribution in [-0.4, -0.2) is 10.7 Å². The molecule has 1 aliphatic rings. The maximum atomic E-state index is 9.51. The Morgan fingerprint density at radius 2 is 1.60 bits per heavy atom. The molecule has 1 aliphatic heterocycles. The number of fused-ring (bicyclic) bond motifs is 1. The molecule has 0 unspecified atom stereocenters. The minimum absolute atomic E-state index is 0.105. The second-order valence-corrected chi connectivity index (χ2v) is 6.41. The van der Waals surface area contributed by atoms with Crippen LogP contribution in [0.25, 0.3) is 0 Å². The van der Waals surface area contributed by atoms with Crippen LogP contribution in [0, 0.1) is 0 Å². The summed E-state index contributed by atoms with van der Waals surface area (Å²) in [6, 6.07) is 15.8. The van der Waals surface area contributed by atoms with Gasteiger partial charge in [0.15, 0.2) is 0 Å². The van der Waals surface area contributed by atoms with Gasteiger partial charge >= 0.3 is 0 Å². The highest BCUT2D eigenvalue weighted by Crippen LogP contribution is 2.48. The van der Waals surface area contributed by atoms with Crippen LogP contribution in [0.1, 0.15) is 38.3 Å². The lowest BCUT2D eigenvalue weighted by molar-refractivity contribution is 0.0583. The van der Waals surface area contributed by atoms with Gasteiger partial charge in [-0.05, 0) is 37.6 Å². The first-order chi connectivity index (χ1) is 9.41. The standard InChI is InChI=1S/C18H20O2/c1-17(2)12-18(3,13-8-10-14(19)11-9-13)15-6-4-5-7-16(15)20-17/h4-11,19H,12H2,1-3H3/t18-/m0/s1. The molecular weight excluding hydrogens is 248 g/mol. The van der Waals surface area contributed by atoms with Crippen LogP contribution in [0.5, 0.6) is 11.5 Å². The highest BCUT2D eigenvalue weighted by atomic mass is 16.5. The molecule has 0 amide bonds. The van der Waals surface area contributed by atoms with E-state index in [0.29, 0.717) is 5.75 Å². The van der Waals surface area contributed by atoms with Gasteiger partial charge in [0, 0.05) is 17.4 Å². The Balaban J connectivity index is 2.18. The van der Waals surface area contributed by atoms with E-state index in [2.05, 4.69) is 32.9 Å². The first-order valence-corrected chi connectivity index (χ1v) is 6.99. The Kier molecular flexibility index (Phi) is 2.79. The van der Waals surface area contributed by atoms with Crippen molar-refractivity contribution in [3.05, 3.63) is 59.7 Å². The van der Waals surface area contributed by atoms with Gasteiger partial charge in [0.05, 0.1) is 0 Å². The van der Waals surface area contributed by atoms with Crippen molar-refractivity contribution in [1.82, 2.24) is 0 Å². The van der Waals surface area contributed by atoms with Crippen LogP contribution < -0.4 is 4.74 Å². The third-order valence-corrected chi connectivity index (χ3v) is 4.15. The van der Waals surface area contributed by atoms with Gasteiger partial charge in [0.1, 0.15) is 17.1 Å². The molecule has 0 fully saturated rings. The van der Waals surface area contributed by atoms with Crippen molar-refractivity contribution in [2.24, 2.45) is 0 Å². The summed E-state index contributed by atoms with van der Waals surface area (Å²) in [6.07, 6.45) is 0.905. The van der Waals surface area contributed by atoms with Gasteiger partial charge in [-0.15, -0.1) is 0 Å². The molecule has 0 bridgehead atoms. The predicted molar refractivity (Wildman–Crippen MR) is 80.3 cm³/mol. The van der Waals surface area contributed by atoms with E-state index >= 15 is 0 Å². The van der Waals surface area contributed by atoms with Gasteiger partial charge in [0.25, 0.3) is 0 Å². The smallest absolute Gasteiger partial charge is 0.124 e. The monoisotopic (exact) mass is 268 g/mol. The molecule has 0 saturated heterocycles. The van der Waals surface area contributed by atoms with Crippen LogP contribution in [0.2, 0.25) is 0 Å². The molecule has 0 aliphatic carbocycles. The Labute approximate surface area is 120 Å². The second kappa shape index (κ2) is 4.27. The maximum Gasteiger partial charge on any atom is 0.124 e. The molecule has 1 heterocycles. The molecule has 1 N–H and O–H groups in total. The minimum atomic E-state index is -0.207. The van der Waals surface area contributed by atoms with E-state index in [0.717, 1.165) is 12.2 Å². The molecule has 2 heteroatoms. The Bertz CT molecular complexity index is 628. The maximum absolute atomic E-state index is 9.51. The number of hydrogen-bond donors (Lipinski definition) is 1.